The normalized spacial score (nSPS) is 36.0. The molecular formula is C18H21N5O3S. The summed E-state index contributed by atoms with van der Waals surface area (Å²) in [6.45, 7) is 1.02. The number of nitrogens with one attached hydrogen (secondary N) is 1. The van der Waals surface area contributed by atoms with Crippen LogP contribution in [0, 0.1) is 11.8 Å². The zero-order valence-electron chi connectivity index (χ0n) is 14.9. The molecule has 3 heterocycles. The van der Waals surface area contributed by atoms with E-state index in [9.17, 15) is 4.79 Å². The molecule has 4 aliphatic carbocycles. The van der Waals surface area contributed by atoms with Crippen molar-refractivity contribution in [2.75, 3.05) is 13.2 Å². The molecule has 9 heteroatoms. The number of carbonyl (C=O) groups is 1. The summed E-state index contributed by atoms with van der Waals surface area (Å²) in [5.74, 6) is 2.45. The van der Waals surface area contributed by atoms with Gasteiger partial charge in [-0.2, -0.15) is 4.80 Å². The lowest BCUT2D eigenvalue weighted by molar-refractivity contribution is -0.0810. The van der Waals surface area contributed by atoms with Crippen molar-refractivity contribution in [2.24, 2.45) is 11.8 Å². The van der Waals surface area contributed by atoms with Crippen LogP contribution in [0.4, 0.5) is 0 Å². The molecule has 4 bridgehead atoms. The fourth-order valence-electron chi connectivity index (χ4n) is 6.30. The molecule has 5 aliphatic rings. The summed E-state index contributed by atoms with van der Waals surface area (Å²) >= 11 is 1.40. The molecule has 0 radical (unpaired) electrons. The van der Waals surface area contributed by atoms with Gasteiger partial charge < -0.3 is 14.8 Å². The van der Waals surface area contributed by atoms with Crippen molar-refractivity contribution in [3.63, 3.8) is 0 Å². The second-order valence-corrected chi connectivity index (χ2v) is 9.48. The maximum Gasteiger partial charge on any atom is 0.265 e. The van der Waals surface area contributed by atoms with Gasteiger partial charge in [-0.25, -0.2) is 0 Å². The molecule has 1 amide bonds. The van der Waals surface area contributed by atoms with Crippen LogP contribution in [0.1, 0.15) is 48.2 Å². The number of tetrazole rings is 1. The molecule has 2 atom stereocenters. The van der Waals surface area contributed by atoms with Gasteiger partial charge in [-0.1, -0.05) is 0 Å². The van der Waals surface area contributed by atoms with Gasteiger partial charge in [0.25, 0.3) is 5.91 Å². The highest BCUT2D eigenvalue weighted by atomic mass is 32.1. The Morgan fingerprint density at radius 2 is 2.04 bits per heavy atom. The first kappa shape index (κ1) is 15.9. The fraction of sp³-hybridized carbons (Fsp3) is 0.667. The molecule has 4 fully saturated rings. The number of hydrogen-bond acceptors (Lipinski definition) is 7. The van der Waals surface area contributed by atoms with E-state index >= 15 is 0 Å². The van der Waals surface area contributed by atoms with Crippen LogP contribution < -0.4 is 14.8 Å². The lowest BCUT2D eigenvalue weighted by Crippen LogP contribution is -2.66. The molecule has 142 valence electrons. The Kier molecular flexibility index (Phi) is 3.19. The average molecular weight is 387 g/mol. The van der Waals surface area contributed by atoms with E-state index in [0.717, 1.165) is 32.1 Å². The van der Waals surface area contributed by atoms with Gasteiger partial charge in [0.1, 0.15) is 18.1 Å². The van der Waals surface area contributed by atoms with E-state index in [1.807, 2.05) is 10.2 Å². The molecule has 8 nitrogen and oxygen atoms in total. The number of carbonyl (C=O) groups excluding carboxylic acids is 1. The summed E-state index contributed by atoms with van der Waals surface area (Å²) in [6.07, 6.45) is 7.89. The smallest absolute Gasteiger partial charge is 0.265 e. The van der Waals surface area contributed by atoms with Gasteiger partial charge in [0.05, 0.1) is 5.54 Å². The minimum Gasteiger partial charge on any atom is -0.485 e. The minimum atomic E-state index is -0.193. The maximum atomic E-state index is 13.2. The summed E-state index contributed by atoms with van der Waals surface area (Å²) in [7, 11) is 0. The average Bonchev–Trinajstić information content (AvgIpc) is 3.30. The van der Waals surface area contributed by atoms with E-state index in [0.29, 0.717) is 41.4 Å². The Labute approximate surface area is 160 Å². The molecule has 4 saturated carbocycles. The number of aromatic nitrogens is 4. The van der Waals surface area contributed by atoms with Crippen molar-refractivity contribution in [1.29, 1.82) is 0 Å². The van der Waals surface area contributed by atoms with Crippen LogP contribution in [-0.2, 0) is 5.54 Å². The molecule has 1 aliphatic heterocycles. The SMILES string of the molecule is O=C(NC12CC3CC(C1)CC(n1ncnn1)(C3)C2)c1scc2c1OCCO2. The maximum absolute atomic E-state index is 13.2. The molecule has 27 heavy (non-hydrogen) atoms. The van der Waals surface area contributed by atoms with Crippen molar-refractivity contribution < 1.29 is 14.3 Å². The zero-order chi connectivity index (χ0) is 18.1. The lowest BCUT2D eigenvalue weighted by atomic mass is 9.50. The van der Waals surface area contributed by atoms with Crippen molar-refractivity contribution >= 4 is 17.2 Å². The van der Waals surface area contributed by atoms with E-state index < -0.39 is 0 Å². The lowest BCUT2D eigenvalue weighted by Gasteiger charge is -2.61. The van der Waals surface area contributed by atoms with E-state index in [-0.39, 0.29) is 17.0 Å². The summed E-state index contributed by atoms with van der Waals surface area (Å²) < 4.78 is 11.3. The third-order valence-corrected chi connectivity index (χ3v) is 7.63. The molecule has 0 spiro atoms. The number of fused-ring (bicyclic) bond motifs is 1. The molecule has 2 aromatic rings. The quantitative estimate of drug-likeness (QED) is 0.866. The Morgan fingerprint density at radius 1 is 1.22 bits per heavy atom. The molecular weight excluding hydrogens is 366 g/mol. The molecule has 2 unspecified atom stereocenters. The first-order valence-corrected chi connectivity index (χ1v) is 10.5. The predicted molar refractivity (Wildman–Crippen MR) is 96.0 cm³/mol. The van der Waals surface area contributed by atoms with Crippen LogP contribution in [0.2, 0.25) is 0 Å². The number of rotatable bonds is 3. The fourth-order valence-corrected chi connectivity index (χ4v) is 7.12. The largest absolute Gasteiger partial charge is 0.485 e. The molecule has 0 aromatic carbocycles. The second kappa shape index (κ2) is 5.43. The van der Waals surface area contributed by atoms with Crippen LogP contribution in [0.25, 0.3) is 0 Å². The number of ether oxygens (including phenoxy) is 2. The van der Waals surface area contributed by atoms with Gasteiger partial charge in [0.2, 0.25) is 0 Å². The van der Waals surface area contributed by atoms with Crippen molar-refractivity contribution in [3.8, 4) is 11.5 Å². The second-order valence-electron chi connectivity index (χ2n) is 8.60. The van der Waals surface area contributed by atoms with Crippen molar-refractivity contribution in [3.05, 3.63) is 16.6 Å². The van der Waals surface area contributed by atoms with E-state index in [2.05, 4.69) is 20.7 Å². The molecule has 0 saturated heterocycles. The molecule has 1 N–H and O–H groups in total. The number of nitrogens with zero attached hydrogens (tertiary/aromatic N) is 4. The van der Waals surface area contributed by atoms with Gasteiger partial charge in [-0.15, -0.1) is 21.5 Å². The highest BCUT2D eigenvalue weighted by Crippen LogP contribution is 2.60. The van der Waals surface area contributed by atoms with Gasteiger partial charge in [-0.3, -0.25) is 4.79 Å². The standard InChI is InChI=1S/C18H21N5O3S/c24-16(15-14-13(8-27-15)25-1-2-26-14)21-17-4-11-3-12(5-17)7-18(6-11,9-17)23-20-10-19-22-23/h8,10-12H,1-7,9H2,(H,21,24). The number of hydrogen-bond donors (Lipinski definition) is 1. The van der Waals surface area contributed by atoms with Crippen molar-refractivity contribution in [2.45, 2.75) is 49.6 Å². The molecule has 2 aromatic heterocycles. The van der Waals surface area contributed by atoms with Crippen LogP contribution >= 0.6 is 11.3 Å². The Morgan fingerprint density at radius 3 is 2.81 bits per heavy atom. The Bertz CT molecular complexity index is 881. The van der Waals surface area contributed by atoms with E-state index in [4.69, 9.17) is 9.47 Å². The van der Waals surface area contributed by atoms with Crippen molar-refractivity contribution in [1.82, 2.24) is 25.5 Å². The summed E-state index contributed by atoms with van der Waals surface area (Å²) in [5, 5.41) is 17.8. The highest BCUT2D eigenvalue weighted by Gasteiger charge is 2.60. The van der Waals surface area contributed by atoms with Gasteiger partial charge in [0, 0.05) is 10.9 Å². The Balaban J connectivity index is 1.31. The topological polar surface area (TPSA) is 91.2 Å². The number of thiophene rings is 1. The minimum absolute atomic E-state index is 0.0459. The highest BCUT2D eigenvalue weighted by molar-refractivity contribution is 7.12. The van der Waals surface area contributed by atoms with Crippen LogP contribution in [0.5, 0.6) is 11.5 Å². The summed E-state index contributed by atoms with van der Waals surface area (Å²) in [4.78, 5) is 15.6. The van der Waals surface area contributed by atoms with Gasteiger partial charge in [-0.05, 0) is 55.6 Å². The van der Waals surface area contributed by atoms with Gasteiger partial charge >= 0.3 is 0 Å². The summed E-state index contributed by atoms with van der Waals surface area (Å²) in [6, 6.07) is 0. The third-order valence-electron chi connectivity index (χ3n) is 6.69. The monoisotopic (exact) mass is 387 g/mol. The summed E-state index contributed by atoms with van der Waals surface area (Å²) in [5.41, 5.74) is -0.302. The first-order chi connectivity index (χ1) is 13.1. The number of amides is 1. The molecule has 7 rings (SSSR count). The first-order valence-electron chi connectivity index (χ1n) is 9.58. The Hall–Kier alpha value is -2.16. The third kappa shape index (κ3) is 2.33. The van der Waals surface area contributed by atoms with Crippen LogP contribution in [0.15, 0.2) is 11.7 Å². The van der Waals surface area contributed by atoms with E-state index in [1.165, 1.54) is 24.1 Å². The van der Waals surface area contributed by atoms with Crippen LogP contribution in [0.3, 0.4) is 0 Å². The predicted octanol–water partition coefficient (Wildman–Crippen LogP) is 1.98. The van der Waals surface area contributed by atoms with E-state index in [1.54, 1.807) is 0 Å². The van der Waals surface area contributed by atoms with Gasteiger partial charge in [0.15, 0.2) is 17.8 Å². The zero-order valence-corrected chi connectivity index (χ0v) is 15.7. The van der Waals surface area contributed by atoms with Crippen LogP contribution in [-0.4, -0.2) is 44.9 Å².